The van der Waals surface area contributed by atoms with E-state index in [1.807, 2.05) is 12.1 Å². The average Bonchev–Trinajstić information content (AvgIpc) is 2.99. The van der Waals surface area contributed by atoms with Gasteiger partial charge in [0, 0.05) is 17.6 Å². The predicted octanol–water partition coefficient (Wildman–Crippen LogP) is 1.80. The largest absolute Gasteiger partial charge is 0.352 e. The van der Waals surface area contributed by atoms with Crippen molar-refractivity contribution in [3.8, 4) is 0 Å². The predicted molar refractivity (Wildman–Crippen MR) is 97.3 cm³/mol. The zero-order valence-electron chi connectivity index (χ0n) is 13.4. The fraction of sp³-hybridized carbons (Fsp3) is 0.500. The summed E-state index contributed by atoms with van der Waals surface area (Å²) in [7, 11) is 0. The van der Waals surface area contributed by atoms with Crippen LogP contribution in [0.4, 0.5) is 4.79 Å². The fourth-order valence-electron chi connectivity index (χ4n) is 2.77. The van der Waals surface area contributed by atoms with Crippen molar-refractivity contribution >= 4 is 35.9 Å². The molecule has 3 amide bonds. The van der Waals surface area contributed by atoms with Gasteiger partial charge in [-0.15, -0.1) is 12.4 Å². The third-order valence-corrected chi connectivity index (χ3v) is 4.34. The van der Waals surface area contributed by atoms with E-state index >= 15 is 0 Å². The zero-order valence-corrected chi connectivity index (χ0v) is 15.0. The Morgan fingerprint density at radius 1 is 1.17 bits per heavy atom. The van der Waals surface area contributed by atoms with Crippen LogP contribution < -0.4 is 21.7 Å². The lowest BCUT2D eigenvalue weighted by Gasteiger charge is -2.19. The van der Waals surface area contributed by atoms with Gasteiger partial charge in [0.2, 0.25) is 5.91 Å². The highest BCUT2D eigenvalue weighted by Crippen LogP contribution is 2.24. The molecule has 0 bridgehead atoms. The Hall–Kier alpha value is -1.50. The highest BCUT2D eigenvalue weighted by atomic mass is 35.5. The van der Waals surface area contributed by atoms with Crippen molar-refractivity contribution in [3.63, 3.8) is 0 Å². The second kappa shape index (κ2) is 10.4. The lowest BCUT2D eigenvalue weighted by molar-refractivity contribution is -0.121. The second-order valence-corrected chi connectivity index (χ2v) is 6.20. The number of amides is 3. The van der Waals surface area contributed by atoms with E-state index in [0.29, 0.717) is 24.0 Å². The van der Waals surface area contributed by atoms with Gasteiger partial charge in [0.05, 0.1) is 6.54 Å². The summed E-state index contributed by atoms with van der Waals surface area (Å²) in [6, 6.07) is 6.95. The first-order valence-electron chi connectivity index (χ1n) is 7.84. The molecule has 1 saturated carbocycles. The van der Waals surface area contributed by atoms with Gasteiger partial charge in [-0.2, -0.15) is 0 Å². The molecule has 24 heavy (non-hydrogen) atoms. The van der Waals surface area contributed by atoms with E-state index in [0.717, 1.165) is 24.8 Å². The summed E-state index contributed by atoms with van der Waals surface area (Å²) < 4.78 is 0. The number of nitrogens with two attached hydrogens (primary N) is 1. The number of halogens is 2. The van der Waals surface area contributed by atoms with Crippen LogP contribution in [0, 0.1) is 5.92 Å². The van der Waals surface area contributed by atoms with Crippen molar-refractivity contribution in [3.05, 3.63) is 34.9 Å². The van der Waals surface area contributed by atoms with Crippen LogP contribution in [0.3, 0.4) is 0 Å². The minimum Gasteiger partial charge on any atom is -0.352 e. The molecule has 2 atom stereocenters. The summed E-state index contributed by atoms with van der Waals surface area (Å²) in [6.45, 7) is 0.919. The monoisotopic (exact) mass is 374 g/mol. The summed E-state index contributed by atoms with van der Waals surface area (Å²) in [5, 5.41) is 8.84. The van der Waals surface area contributed by atoms with Crippen LogP contribution in [0.1, 0.15) is 24.8 Å². The normalized spacial score (nSPS) is 19.2. The van der Waals surface area contributed by atoms with Crippen molar-refractivity contribution < 1.29 is 9.59 Å². The molecule has 0 aromatic heterocycles. The number of urea groups is 1. The lowest BCUT2D eigenvalue weighted by Crippen LogP contribution is -2.46. The highest BCUT2D eigenvalue weighted by Gasteiger charge is 2.27. The summed E-state index contributed by atoms with van der Waals surface area (Å²) in [4.78, 5) is 23.6. The standard InChI is InChI=1S/C16H23ClN4O2.ClH/c17-13-6-4-11(5-7-13)9-19-16(23)20-10-15(22)21-14-3-1-2-12(14)8-18;/h4-7,12,14H,1-3,8-10,18H2,(H,21,22)(H2,19,20,23);1H. The van der Waals surface area contributed by atoms with Crippen LogP contribution in [-0.4, -0.2) is 31.1 Å². The summed E-state index contributed by atoms with van der Waals surface area (Å²) in [5.74, 6) is 0.162. The van der Waals surface area contributed by atoms with Crippen molar-refractivity contribution in [1.82, 2.24) is 16.0 Å². The Labute approximate surface area is 153 Å². The number of hydrogen-bond donors (Lipinski definition) is 4. The molecule has 0 heterocycles. The first-order chi connectivity index (χ1) is 11.1. The second-order valence-electron chi connectivity index (χ2n) is 5.76. The molecule has 1 aromatic carbocycles. The highest BCUT2D eigenvalue weighted by molar-refractivity contribution is 6.30. The molecule has 1 aromatic rings. The molecule has 1 aliphatic rings. The van der Waals surface area contributed by atoms with Crippen LogP contribution >= 0.6 is 24.0 Å². The van der Waals surface area contributed by atoms with Crippen molar-refractivity contribution in [2.75, 3.05) is 13.1 Å². The number of carbonyl (C=O) groups excluding carboxylic acids is 2. The Morgan fingerprint density at radius 2 is 1.88 bits per heavy atom. The molecule has 134 valence electrons. The van der Waals surface area contributed by atoms with E-state index in [2.05, 4.69) is 16.0 Å². The van der Waals surface area contributed by atoms with Gasteiger partial charge in [-0.05, 0) is 43.0 Å². The van der Waals surface area contributed by atoms with E-state index in [1.165, 1.54) is 0 Å². The third-order valence-electron chi connectivity index (χ3n) is 4.08. The van der Waals surface area contributed by atoms with Gasteiger partial charge in [0.15, 0.2) is 0 Å². The molecular formula is C16H24Cl2N4O2. The van der Waals surface area contributed by atoms with Crippen LogP contribution in [0.25, 0.3) is 0 Å². The van der Waals surface area contributed by atoms with Gasteiger partial charge in [0.1, 0.15) is 0 Å². The number of carbonyl (C=O) groups is 2. The molecule has 5 N–H and O–H groups in total. The number of hydrogen-bond acceptors (Lipinski definition) is 3. The van der Waals surface area contributed by atoms with Crippen molar-refractivity contribution in [2.45, 2.75) is 31.8 Å². The number of rotatable bonds is 6. The van der Waals surface area contributed by atoms with Gasteiger partial charge < -0.3 is 21.7 Å². The smallest absolute Gasteiger partial charge is 0.315 e. The lowest BCUT2D eigenvalue weighted by atomic mass is 10.0. The Morgan fingerprint density at radius 3 is 2.54 bits per heavy atom. The zero-order chi connectivity index (χ0) is 16.7. The van der Waals surface area contributed by atoms with Crippen LogP contribution in [0.2, 0.25) is 5.02 Å². The van der Waals surface area contributed by atoms with E-state index in [1.54, 1.807) is 12.1 Å². The molecule has 0 saturated heterocycles. The first-order valence-corrected chi connectivity index (χ1v) is 8.22. The number of benzene rings is 1. The van der Waals surface area contributed by atoms with Gasteiger partial charge >= 0.3 is 6.03 Å². The average molecular weight is 375 g/mol. The molecule has 6 nitrogen and oxygen atoms in total. The van der Waals surface area contributed by atoms with E-state index in [-0.39, 0.29) is 36.9 Å². The maximum absolute atomic E-state index is 11.9. The minimum atomic E-state index is -0.378. The SMILES string of the molecule is Cl.NCC1CCCC1NC(=O)CNC(=O)NCc1ccc(Cl)cc1. The van der Waals surface area contributed by atoms with E-state index < -0.39 is 0 Å². The molecule has 8 heteroatoms. The number of nitrogens with one attached hydrogen (secondary N) is 3. The maximum atomic E-state index is 11.9. The molecule has 0 spiro atoms. The van der Waals surface area contributed by atoms with Crippen molar-refractivity contribution in [1.29, 1.82) is 0 Å². The minimum absolute atomic E-state index is 0. The molecule has 0 radical (unpaired) electrons. The fourth-order valence-corrected chi connectivity index (χ4v) is 2.90. The van der Waals surface area contributed by atoms with Crippen LogP contribution in [-0.2, 0) is 11.3 Å². The van der Waals surface area contributed by atoms with Gasteiger partial charge in [-0.3, -0.25) is 4.79 Å². The summed E-state index contributed by atoms with van der Waals surface area (Å²) >= 11 is 5.80. The quantitative estimate of drug-likeness (QED) is 0.611. The molecule has 0 aliphatic heterocycles. The summed E-state index contributed by atoms with van der Waals surface area (Å²) in [5.41, 5.74) is 6.62. The first kappa shape index (κ1) is 20.5. The van der Waals surface area contributed by atoms with Crippen LogP contribution in [0.15, 0.2) is 24.3 Å². The Balaban J connectivity index is 0.00000288. The summed E-state index contributed by atoms with van der Waals surface area (Å²) in [6.07, 6.45) is 3.09. The van der Waals surface area contributed by atoms with Gasteiger partial charge in [-0.25, -0.2) is 4.79 Å². The molecule has 1 fully saturated rings. The Kier molecular flexibility index (Phi) is 8.89. The topological polar surface area (TPSA) is 96.2 Å². The molecule has 2 unspecified atom stereocenters. The van der Waals surface area contributed by atoms with E-state index in [9.17, 15) is 9.59 Å². The molecule has 2 rings (SSSR count). The van der Waals surface area contributed by atoms with E-state index in [4.69, 9.17) is 17.3 Å². The molecule has 1 aliphatic carbocycles. The Bertz CT molecular complexity index is 539. The van der Waals surface area contributed by atoms with Crippen LogP contribution in [0.5, 0.6) is 0 Å². The maximum Gasteiger partial charge on any atom is 0.315 e. The van der Waals surface area contributed by atoms with Crippen molar-refractivity contribution in [2.24, 2.45) is 11.7 Å². The van der Waals surface area contributed by atoms with Gasteiger partial charge in [-0.1, -0.05) is 30.2 Å². The third kappa shape index (κ3) is 6.55. The molecular weight excluding hydrogens is 351 g/mol. The van der Waals surface area contributed by atoms with Gasteiger partial charge in [0.25, 0.3) is 0 Å².